The molecule has 0 atom stereocenters. The molecule has 0 unspecified atom stereocenters. The lowest BCUT2D eigenvalue weighted by atomic mass is 10.1. The highest BCUT2D eigenvalue weighted by molar-refractivity contribution is 6.05. The number of rotatable bonds is 6. The number of Topliss-reactive ketones (excluding diaryl/α,β-unsaturated/α-hetero) is 1. The second-order valence-corrected chi connectivity index (χ2v) is 5.25. The van der Waals surface area contributed by atoms with E-state index in [0.717, 1.165) is 5.56 Å². The number of anilines is 2. The summed E-state index contributed by atoms with van der Waals surface area (Å²) in [5.74, 6) is -0.725. The van der Waals surface area contributed by atoms with Crippen LogP contribution in [-0.2, 0) is 11.3 Å². The summed E-state index contributed by atoms with van der Waals surface area (Å²) >= 11 is 0. The van der Waals surface area contributed by atoms with Crippen LogP contribution in [0.3, 0.4) is 0 Å². The van der Waals surface area contributed by atoms with Crippen molar-refractivity contribution in [1.29, 1.82) is 0 Å². The molecule has 0 radical (unpaired) electrons. The van der Waals surface area contributed by atoms with Crippen LogP contribution in [-0.4, -0.2) is 16.6 Å². The predicted octanol–water partition coefficient (Wildman–Crippen LogP) is 3.37. The van der Waals surface area contributed by atoms with E-state index in [1.54, 1.807) is 0 Å². The highest BCUT2D eigenvalue weighted by atomic mass is 16.6. The van der Waals surface area contributed by atoms with E-state index in [4.69, 9.17) is 0 Å². The van der Waals surface area contributed by atoms with Gasteiger partial charge in [-0.2, -0.15) is 0 Å². The molecule has 0 heterocycles. The number of nitrogens with one attached hydrogen (secondary N) is 2. The molecule has 0 saturated heterocycles. The minimum absolute atomic E-state index is 0.0992. The molecule has 24 heavy (non-hydrogen) atoms. The van der Waals surface area contributed by atoms with Crippen LogP contribution in [0.2, 0.25) is 0 Å². The number of carbonyl (C=O) groups is 2. The summed E-state index contributed by atoms with van der Waals surface area (Å²) in [6.45, 7) is 2.98. The van der Waals surface area contributed by atoms with Crippen LogP contribution >= 0.6 is 0 Å². The Balaban J connectivity index is 2.41. The predicted molar refractivity (Wildman–Crippen MR) is 91.2 cm³/mol. The Bertz CT molecular complexity index is 788. The molecule has 0 fully saturated rings. The third-order valence-electron chi connectivity index (χ3n) is 3.35. The highest BCUT2D eigenvalue weighted by Gasteiger charge is 2.20. The smallest absolute Gasteiger partial charge is 0.293 e. The summed E-state index contributed by atoms with van der Waals surface area (Å²) in [6.07, 6.45) is 0. The molecule has 7 heteroatoms. The van der Waals surface area contributed by atoms with Gasteiger partial charge in [-0.15, -0.1) is 0 Å². The van der Waals surface area contributed by atoms with Crippen molar-refractivity contribution in [2.75, 3.05) is 10.6 Å². The van der Waals surface area contributed by atoms with Gasteiger partial charge in [0.1, 0.15) is 5.69 Å². The number of amides is 1. The van der Waals surface area contributed by atoms with Crippen LogP contribution in [0.25, 0.3) is 0 Å². The number of hydrogen-bond acceptors (Lipinski definition) is 5. The molecule has 0 aliphatic carbocycles. The molecule has 0 aliphatic rings. The first-order valence-corrected chi connectivity index (χ1v) is 7.27. The van der Waals surface area contributed by atoms with Gasteiger partial charge in [0.15, 0.2) is 5.78 Å². The van der Waals surface area contributed by atoms with E-state index in [9.17, 15) is 19.7 Å². The molecule has 2 N–H and O–H groups in total. The quantitative estimate of drug-likeness (QED) is 0.481. The molecule has 0 aliphatic heterocycles. The molecule has 0 spiro atoms. The second kappa shape index (κ2) is 7.36. The van der Waals surface area contributed by atoms with Crippen molar-refractivity contribution in [2.24, 2.45) is 0 Å². The Morgan fingerprint density at radius 1 is 1.08 bits per heavy atom. The van der Waals surface area contributed by atoms with Gasteiger partial charge < -0.3 is 10.6 Å². The van der Waals surface area contributed by atoms with Gasteiger partial charge in [0.25, 0.3) is 5.69 Å². The maximum Gasteiger partial charge on any atom is 0.293 e. The summed E-state index contributed by atoms with van der Waals surface area (Å²) in [7, 11) is 0. The summed E-state index contributed by atoms with van der Waals surface area (Å²) in [4.78, 5) is 33.8. The van der Waals surface area contributed by atoms with E-state index in [1.807, 2.05) is 30.3 Å². The van der Waals surface area contributed by atoms with Crippen LogP contribution in [0.15, 0.2) is 42.5 Å². The zero-order chi connectivity index (χ0) is 17.7. The lowest BCUT2D eigenvalue weighted by Gasteiger charge is -2.13. The minimum Gasteiger partial charge on any atom is -0.375 e. The zero-order valence-corrected chi connectivity index (χ0v) is 13.3. The first-order valence-electron chi connectivity index (χ1n) is 7.27. The second-order valence-electron chi connectivity index (χ2n) is 5.25. The molecule has 2 rings (SSSR count). The van der Waals surface area contributed by atoms with Crippen molar-refractivity contribution in [2.45, 2.75) is 20.4 Å². The number of carbonyl (C=O) groups excluding carboxylic acids is 2. The average molecular weight is 327 g/mol. The van der Waals surface area contributed by atoms with Crippen molar-refractivity contribution >= 4 is 28.8 Å². The van der Waals surface area contributed by atoms with Crippen LogP contribution in [0.1, 0.15) is 29.8 Å². The summed E-state index contributed by atoms with van der Waals surface area (Å²) in [5.41, 5.74) is 1.31. The van der Waals surface area contributed by atoms with Crippen molar-refractivity contribution in [3.05, 3.63) is 63.7 Å². The van der Waals surface area contributed by atoms with Crippen molar-refractivity contribution in [1.82, 2.24) is 0 Å². The van der Waals surface area contributed by atoms with E-state index < -0.39 is 4.92 Å². The minimum atomic E-state index is -0.558. The average Bonchev–Trinajstić information content (AvgIpc) is 2.52. The Morgan fingerprint density at radius 3 is 2.29 bits per heavy atom. The van der Waals surface area contributed by atoms with Gasteiger partial charge in [-0.25, -0.2) is 0 Å². The Kier molecular flexibility index (Phi) is 5.26. The van der Waals surface area contributed by atoms with Crippen LogP contribution in [0.4, 0.5) is 17.1 Å². The fourth-order valence-corrected chi connectivity index (χ4v) is 2.26. The topological polar surface area (TPSA) is 101 Å². The van der Waals surface area contributed by atoms with Crippen LogP contribution in [0, 0.1) is 10.1 Å². The van der Waals surface area contributed by atoms with Crippen molar-refractivity contribution in [3.63, 3.8) is 0 Å². The monoisotopic (exact) mass is 327 g/mol. The van der Waals surface area contributed by atoms with E-state index in [0.29, 0.717) is 6.54 Å². The molecular formula is C17H17N3O4. The first kappa shape index (κ1) is 17.1. The van der Waals surface area contributed by atoms with Gasteiger partial charge in [0.2, 0.25) is 5.91 Å². The van der Waals surface area contributed by atoms with Gasteiger partial charge in [-0.1, -0.05) is 30.3 Å². The van der Waals surface area contributed by atoms with E-state index in [-0.39, 0.29) is 34.3 Å². The first-order chi connectivity index (χ1) is 11.4. The van der Waals surface area contributed by atoms with E-state index in [1.165, 1.54) is 26.0 Å². The Labute approximate surface area is 138 Å². The molecule has 1 amide bonds. The molecule has 0 bridgehead atoms. The molecule has 124 valence electrons. The lowest BCUT2D eigenvalue weighted by Crippen LogP contribution is -2.12. The number of ketones is 1. The third kappa shape index (κ3) is 4.16. The lowest BCUT2D eigenvalue weighted by molar-refractivity contribution is -0.384. The molecule has 0 aromatic heterocycles. The molecular weight excluding hydrogens is 310 g/mol. The molecule has 0 saturated carbocycles. The standard InChI is InChI=1S/C17H17N3O4/c1-11(21)14-8-17(20(23)24)16(9-15(14)19-12(2)22)18-10-13-6-4-3-5-7-13/h3-9,18H,10H2,1-2H3,(H,19,22). The maximum absolute atomic E-state index is 11.7. The van der Waals surface area contributed by atoms with E-state index >= 15 is 0 Å². The summed E-state index contributed by atoms with van der Waals surface area (Å²) < 4.78 is 0. The summed E-state index contributed by atoms with van der Waals surface area (Å²) in [5, 5.41) is 16.8. The van der Waals surface area contributed by atoms with Gasteiger partial charge in [0, 0.05) is 25.1 Å². The number of nitrogens with zero attached hydrogens (tertiary/aromatic N) is 1. The Hall–Kier alpha value is -3.22. The number of benzene rings is 2. The molecule has 2 aromatic carbocycles. The van der Waals surface area contributed by atoms with Gasteiger partial charge in [-0.3, -0.25) is 19.7 Å². The number of hydrogen-bond donors (Lipinski definition) is 2. The largest absolute Gasteiger partial charge is 0.375 e. The van der Waals surface area contributed by atoms with Crippen LogP contribution in [0.5, 0.6) is 0 Å². The summed E-state index contributed by atoms with van der Waals surface area (Å²) in [6, 6.07) is 12.0. The normalized spacial score (nSPS) is 10.1. The van der Waals surface area contributed by atoms with Crippen LogP contribution < -0.4 is 10.6 Å². The van der Waals surface area contributed by atoms with Gasteiger partial charge in [-0.05, 0) is 18.6 Å². The van der Waals surface area contributed by atoms with Gasteiger partial charge >= 0.3 is 0 Å². The fraction of sp³-hybridized carbons (Fsp3) is 0.176. The van der Waals surface area contributed by atoms with Crippen molar-refractivity contribution < 1.29 is 14.5 Å². The van der Waals surface area contributed by atoms with E-state index in [2.05, 4.69) is 10.6 Å². The fourth-order valence-electron chi connectivity index (χ4n) is 2.26. The maximum atomic E-state index is 11.7. The Morgan fingerprint density at radius 2 is 1.75 bits per heavy atom. The molecule has 2 aromatic rings. The number of nitro groups is 1. The number of nitro benzene ring substituents is 1. The highest BCUT2D eigenvalue weighted by Crippen LogP contribution is 2.32. The third-order valence-corrected chi connectivity index (χ3v) is 3.35. The zero-order valence-electron chi connectivity index (χ0n) is 13.3. The van der Waals surface area contributed by atoms with Gasteiger partial charge in [0.05, 0.1) is 10.6 Å². The van der Waals surface area contributed by atoms with Crippen molar-refractivity contribution in [3.8, 4) is 0 Å². The SMILES string of the molecule is CC(=O)Nc1cc(NCc2ccccc2)c([N+](=O)[O-])cc1C(C)=O. The molecule has 7 nitrogen and oxygen atoms in total.